The van der Waals surface area contributed by atoms with Gasteiger partial charge in [0.15, 0.2) is 6.61 Å². The lowest BCUT2D eigenvalue weighted by Gasteiger charge is -2.13. The Labute approximate surface area is 122 Å². The number of hydrogen-bond acceptors (Lipinski definition) is 5. The summed E-state index contributed by atoms with van der Waals surface area (Å²) >= 11 is 0. The minimum absolute atomic E-state index is 0.308. The van der Waals surface area contributed by atoms with Crippen molar-refractivity contribution in [2.24, 2.45) is 7.05 Å². The lowest BCUT2D eigenvalue weighted by Crippen LogP contribution is -2.09. The summed E-state index contributed by atoms with van der Waals surface area (Å²) < 4.78 is 5.88. The zero-order valence-electron chi connectivity index (χ0n) is 12.1. The van der Waals surface area contributed by atoms with E-state index in [4.69, 9.17) is 4.74 Å². The second kappa shape index (κ2) is 5.88. The van der Waals surface area contributed by atoms with Gasteiger partial charge in [-0.2, -0.15) is 4.80 Å². The summed E-state index contributed by atoms with van der Waals surface area (Å²) in [6, 6.07) is 12.3. The average molecular weight is 283 g/mol. The first-order valence-corrected chi connectivity index (χ1v) is 6.79. The number of aromatic nitrogens is 4. The zero-order chi connectivity index (χ0) is 14.7. The Morgan fingerprint density at radius 3 is 2.81 bits per heavy atom. The molecule has 0 aliphatic rings. The molecule has 1 heterocycles. The van der Waals surface area contributed by atoms with E-state index in [9.17, 15) is 0 Å². The number of fused-ring (bicyclic) bond motifs is 1. The normalized spacial score (nSPS) is 11.0. The molecule has 0 spiro atoms. The van der Waals surface area contributed by atoms with Crippen molar-refractivity contribution >= 4 is 10.8 Å². The minimum atomic E-state index is 0.308. The van der Waals surface area contributed by atoms with E-state index in [0.29, 0.717) is 12.4 Å². The fraction of sp³-hybridized carbons (Fsp3) is 0.267. The lowest BCUT2D eigenvalue weighted by molar-refractivity contribution is 0.292. The second-order valence-corrected chi connectivity index (χ2v) is 4.78. The molecule has 0 unspecified atom stereocenters. The number of nitrogens with one attached hydrogen (secondary N) is 1. The Morgan fingerprint density at radius 2 is 2.05 bits per heavy atom. The van der Waals surface area contributed by atoms with Crippen LogP contribution in [0.15, 0.2) is 36.4 Å². The van der Waals surface area contributed by atoms with Crippen molar-refractivity contribution in [3.8, 4) is 5.75 Å². The van der Waals surface area contributed by atoms with Gasteiger partial charge in [-0.15, -0.1) is 10.2 Å². The molecule has 0 saturated carbocycles. The third kappa shape index (κ3) is 2.85. The van der Waals surface area contributed by atoms with E-state index in [1.807, 2.05) is 25.2 Å². The highest BCUT2D eigenvalue weighted by Crippen LogP contribution is 2.28. The smallest absolute Gasteiger partial charge is 0.212 e. The summed E-state index contributed by atoms with van der Waals surface area (Å²) in [5, 5.41) is 17.4. The maximum absolute atomic E-state index is 5.88. The van der Waals surface area contributed by atoms with Crippen LogP contribution >= 0.6 is 0 Å². The van der Waals surface area contributed by atoms with Gasteiger partial charge in [-0.25, -0.2) is 0 Å². The van der Waals surface area contributed by atoms with Gasteiger partial charge in [-0.1, -0.05) is 30.3 Å². The Bertz CT molecular complexity index is 753. The summed E-state index contributed by atoms with van der Waals surface area (Å²) in [5.74, 6) is 1.41. The molecule has 6 nitrogen and oxygen atoms in total. The first-order chi connectivity index (χ1) is 10.3. The van der Waals surface area contributed by atoms with Crippen molar-refractivity contribution in [2.45, 2.75) is 13.2 Å². The Morgan fingerprint density at radius 1 is 1.19 bits per heavy atom. The molecule has 3 aromatic rings. The largest absolute Gasteiger partial charge is 0.485 e. The molecular formula is C15H17N5O. The fourth-order valence-corrected chi connectivity index (χ4v) is 2.33. The molecular weight excluding hydrogens is 266 g/mol. The molecule has 0 amide bonds. The summed E-state index contributed by atoms with van der Waals surface area (Å²) in [6.45, 7) is 1.05. The molecule has 0 aliphatic heterocycles. The van der Waals surface area contributed by atoms with Crippen molar-refractivity contribution in [2.75, 3.05) is 7.05 Å². The van der Waals surface area contributed by atoms with E-state index >= 15 is 0 Å². The number of tetrazole rings is 1. The summed E-state index contributed by atoms with van der Waals surface area (Å²) in [7, 11) is 3.66. The van der Waals surface area contributed by atoms with Crippen LogP contribution in [0, 0.1) is 0 Å². The van der Waals surface area contributed by atoms with Gasteiger partial charge in [0.2, 0.25) is 5.82 Å². The summed E-state index contributed by atoms with van der Waals surface area (Å²) in [5.41, 5.74) is 1.14. The Kier molecular flexibility index (Phi) is 3.79. The first-order valence-electron chi connectivity index (χ1n) is 6.79. The van der Waals surface area contributed by atoms with Gasteiger partial charge in [-0.3, -0.25) is 0 Å². The molecule has 1 N–H and O–H groups in total. The van der Waals surface area contributed by atoms with Gasteiger partial charge < -0.3 is 10.1 Å². The molecule has 0 aliphatic carbocycles. The van der Waals surface area contributed by atoms with Gasteiger partial charge in [-0.05, 0) is 29.1 Å². The molecule has 0 bridgehead atoms. The van der Waals surface area contributed by atoms with Crippen LogP contribution < -0.4 is 10.1 Å². The molecule has 1 aromatic heterocycles. The van der Waals surface area contributed by atoms with Gasteiger partial charge in [0.25, 0.3) is 0 Å². The van der Waals surface area contributed by atoms with Crippen LogP contribution in [0.5, 0.6) is 5.75 Å². The van der Waals surface area contributed by atoms with E-state index in [1.54, 1.807) is 7.05 Å². The summed E-state index contributed by atoms with van der Waals surface area (Å²) in [4.78, 5) is 1.42. The Hall–Kier alpha value is -2.47. The van der Waals surface area contributed by atoms with Crippen LogP contribution in [0.25, 0.3) is 10.8 Å². The predicted molar refractivity (Wildman–Crippen MR) is 79.8 cm³/mol. The number of aryl methyl sites for hydroxylation is 1. The van der Waals surface area contributed by atoms with E-state index in [2.05, 4.69) is 38.9 Å². The topological polar surface area (TPSA) is 64.9 Å². The molecule has 0 radical (unpaired) electrons. The molecule has 21 heavy (non-hydrogen) atoms. The molecule has 2 aromatic carbocycles. The SMILES string of the molecule is CNCc1c(OCc2nnn(C)n2)ccc2ccccc12. The standard InChI is InChI=1S/C15H17N5O/c1-16-9-13-12-6-4-3-5-11(12)7-8-14(13)21-10-15-17-19-20(2)18-15/h3-8,16H,9-10H2,1-2H3. The minimum Gasteiger partial charge on any atom is -0.485 e. The zero-order valence-corrected chi connectivity index (χ0v) is 12.1. The number of nitrogens with zero attached hydrogens (tertiary/aromatic N) is 4. The molecule has 3 rings (SSSR count). The third-order valence-electron chi connectivity index (χ3n) is 3.26. The van der Waals surface area contributed by atoms with Crippen LogP contribution in [0.3, 0.4) is 0 Å². The van der Waals surface area contributed by atoms with Crippen LogP contribution in [0.4, 0.5) is 0 Å². The monoisotopic (exact) mass is 283 g/mol. The van der Waals surface area contributed by atoms with Crippen LogP contribution in [0.1, 0.15) is 11.4 Å². The fourth-order valence-electron chi connectivity index (χ4n) is 2.33. The van der Waals surface area contributed by atoms with Crippen LogP contribution in [-0.4, -0.2) is 27.3 Å². The van der Waals surface area contributed by atoms with Gasteiger partial charge >= 0.3 is 0 Å². The molecule has 108 valence electrons. The van der Waals surface area contributed by atoms with E-state index in [-0.39, 0.29) is 0 Å². The van der Waals surface area contributed by atoms with E-state index in [0.717, 1.165) is 17.9 Å². The maximum atomic E-state index is 5.88. The lowest BCUT2D eigenvalue weighted by atomic mass is 10.0. The van der Waals surface area contributed by atoms with Crippen LogP contribution in [-0.2, 0) is 20.2 Å². The van der Waals surface area contributed by atoms with E-state index < -0.39 is 0 Å². The highest BCUT2D eigenvalue weighted by atomic mass is 16.5. The highest BCUT2D eigenvalue weighted by molar-refractivity contribution is 5.87. The second-order valence-electron chi connectivity index (χ2n) is 4.78. The van der Waals surface area contributed by atoms with E-state index in [1.165, 1.54) is 15.6 Å². The average Bonchev–Trinajstić information content (AvgIpc) is 2.92. The Balaban J connectivity index is 1.91. The predicted octanol–water partition coefficient (Wildman–Crippen LogP) is 1.66. The van der Waals surface area contributed by atoms with Crippen molar-refractivity contribution in [3.05, 3.63) is 47.8 Å². The first kappa shape index (κ1) is 13.5. The molecule has 6 heteroatoms. The maximum Gasteiger partial charge on any atom is 0.212 e. The third-order valence-corrected chi connectivity index (χ3v) is 3.26. The van der Waals surface area contributed by atoms with Gasteiger partial charge in [0, 0.05) is 12.1 Å². The van der Waals surface area contributed by atoms with Crippen molar-refractivity contribution < 1.29 is 4.74 Å². The number of ether oxygens (including phenoxy) is 1. The number of benzene rings is 2. The van der Waals surface area contributed by atoms with Gasteiger partial charge in [0.1, 0.15) is 5.75 Å². The van der Waals surface area contributed by atoms with Crippen molar-refractivity contribution in [1.82, 2.24) is 25.5 Å². The number of hydrogen-bond donors (Lipinski definition) is 1. The molecule has 0 atom stereocenters. The number of rotatable bonds is 5. The van der Waals surface area contributed by atoms with Crippen molar-refractivity contribution in [1.29, 1.82) is 0 Å². The highest BCUT2D eigenvalue weighted by Gasteiger charge is 2.09. The van der Waals surface area contributed by atoms with Crippen molar-refractivity contribution in [3.63, 3.8) is 0 Å². The quantitative estimate of drug-likeness (QED) is 0.771. The van der Waals surface area contributed by atoms with Gasteiger partial charge in [0.05, 0.1) is 7.05 Å². The molecule has 0 saturated heterocycles. The van der Waals surface area contributed by atoms with Crippen LogP contribution in [0.2, 0.25) is 0 Å². The molecule has 0 fully saturated rings. The summed E-state index contributed by atoms with van der Waals surface area (Å²) in [6.07, 6.45) is 0.